The van der Waals surface area contributed by atoms with Crippen molar-refractivity contribution in [3.8, 4) is 5.69 Å². The number of fused-ring (bicyclic) bond motifs is 7. The van der Waals surface area contributed by atoms with E-state index in [1.807, 2.05) is 0 Å². The molecule has 54 heavy (non-hydrogen) atoms. The van der Waals surface area contributed by atoms with Crippen LogP contribution in [-0.4, -0.2) is 15.0 Å². The Bertz CT molecular complexity index is 2870. The summed E-state index contributed by atoms with van der Waals surface area (Å²) in [6, 6.07) is 50.4. The van der Waals surface area contributed by atoms with Gasteiger partial charge in [0.1, 0.15) is 24.3 Å². The van der Waals surface area contributed by atoms with Crippen molar-refractivity contribution in [3.63, 3.8) is 0 Å². The molecule has 0 fully saturated rings. The topological polar surface area (TPSA) is 58.3 Å². The van der Waals surface area contributed by atoms with E-state index in [0.29, 0.717) is 0 Å². The summed E-state index contributed by atoms with van der Waals surface area (Å²) in [6.07, 6.45) is 12.7. The predicted octanol–water partition coefficient (Wildman–Crippen LogP) is 10.4. The van der Waals surface area contributed by atoms with Crippen LogP contribution in [-0.2, 0) is 6.42 Å². The number of allylic oxidation sites excluding steroid dienone is 3. The fourth-order valence-corrected chi connectivity index (χ4v) is 8.73. The van der Waals surface area contributed by atoms with Gasteiger partial charge in [0.2, 0.25) is 0 Å². The van der Waals surface area contributed by atoms with E-state index in [0.717, 1.165) is 30.1 Å². The predicted molar refractivity (Wildman–Crippen MR) is 223 cm³/mol. The molecule has 11 rings (SSSR count). The maximum Gasteiger partial charge on any atom is 0.148 e. The fraction of sp³-hybridized carbons (Fsp3) is 0.104. The van der Waals surface area contributed by atoms with E-state index in [2.05, 4.69) is 195 Å². The first-order chi connectivity index (χ1) is 26.8. The molecule has 6 nitrogen and oxygen atoms in total. The zero-order valence-electron chi connectivity index (χ0n) is 29.7. The van der Waals surface area contributed by atoms with Gasteiger partial charge in [-0.3, -0.25) is 5.32 Å². The molecule has 260 valence electrons. The average Bonchev–Trinajstić information content (AvgIpc) is 3.75. The lowest BCUT2D eigenvalue weighted by Crippen LogP contribution is -2.47. The molecule has 3 N–H and O–H groups in total. The summed E-state index contributed by atoms with van der Waals surface area (Å²) in [6.45, 7) is 0. The highest BCUT2D eigenvalue weighted by Crippen LogP contribution is 2.40. The number of aryl methyl sites for hydroxylation is 1. The second-order valence-corrected chi connectivity index (χ2v) is 14.5. The molecule has 3 atom stereocenters. The third-order valence-electron chi connectivity index (χ3n) is 11.3. The number of hydrogen-bond donors (Lipinski definition) is 3. The Morgan fingerprint density at radius 3 is 2.20 bits per heavy atom. The zero-order chi connectivity index (χ0) is 35.6. The molecular formula is C48H38N6. The van der Waals surface area contributed by atoms with Gasteiger partial charge in [0.25, 0.3) is 0 Å². The van der Waals surface area contributed by atoms with Gasteiger partial charge in [0.05, 0.1) is 27.8 Å². The minimum atomic E-state index is -0.212. The van der Waals surface area contributed by atoms with E-state index in [4.69, 9.17) is 4.99 Å². The first kappa shape index (κ1) is 30.9. The lowest BCUT2D eigenvalue weighted by atomic mass is 9.94. The molecule has 2 aromatic heterocycles. The van der Waals surface area contributed by atoms with Gasteiger partial charge in [-0.1, -0.05) is 121 Å². The lowest BCUT2D eigenvalue weighted by Gasteiger charge is -2.34. The quantitative estimate of drug-likeness (QED) is 0.168. The van der Waals surface area contributed by atoms with Gasteiger partial charge in [0.15, 0.2) is 0 Å². The fourth-order valence-electron chi connectivity index (χ4n) is 8.73. The molecule has 0 saturated heterocycles. The molecule has 1 aliphatic carbocycles. The Balaban J connectivity index is 1.03. The molecule has 4 heterocycles. The van der Waals surface area contributed by atoms with Crippen LogP contribution in [0.2, 0.25) is 0 Å². The molecule has 3 unspecified atom stereocenters. The molecule has 0 bridgehead atoms. The van der Waals surface area contributed by atoms with Crippen LogP contribution in [0.3, 0.4) is 0 Å². The van der Waals surface area contributed by atoms with Gasteiger partial charge < -0.3 is 19.8 Å². The standard InChI is InChI=1S/C48H38N6/c1-3-15-32(16-4-1)46-50-47(34-27-26-31-14-7-8-17-33(31)28-34)52-48(51-46)40-22-13-25-45(49-40)54-42-24-12-10-21-37(42)39-29-38-36-20-9-11-23-41(36)53(43(38)30-44(39)54)35-18-5-2-6-19-35/h1-7,9-16,18-30,45-47,49-50H,8,17H2,(H,51,52). The molecule has 0 amide bonds. The molecule has 6 heteroatoms. The van der Waals surface area contributed by atoms with E-state index >= 15 is 0 Å². The van der Waals surface area contributed by atoms with Crippen molar-refractivity contribution in [2.24, 2.45) is 4.99 Å². The summed E-state index contributed by atoms with van der Waals surface area (Å²) in [4.78, 5) is 5.35. The van der Waals surface area contributed by atoms with Crippen molar-refractivity contribution < 1.29 is 0 Å². The largest absolute Gasteiger partial charge is 0.359 e. The zero-order valence-corrected chi connectivity index (χ0v) is 29.7. The molecule has 0 spiro atoms. The van der Waals surface area contributed by atoms with Crippen LogP contribution in [0.25, 0.3) is 55.4 Å². The highest BCUT2D eigenvalue weighted by atomic mass is 15.3. The van der Waals surface area contributed by atoms with Gasteiger partial charge in [-0.2, -0.15) is 0 Å². The third kappa shape index (κ3) is 5.02. The third-order valence-corrected chi connectivity index (χ3v) is 11.3. The second-order valence-electron chi connectivity index (χ2n) is 14.5. The summed E-state index contributed by atoms with van der Waals surface area (Å²) in [5, 5.41) is 16.5. The first-order valence-electron chi connectivity index (χ1n) is 18.9. The van der Waals surface area contributed by atoms with Crippen molar-refractivity contribution in [2.75, 3.05) is 0 Å². The number of rotatable bonds is 5. The Kier molecular flexibility index (Phi) is 7.17. The average molecular weight is 699 g/mol. The van der Waals surface area contributed by atoms with Crippen LogP contribution in [0.4, 0.5) is 0 Å². The SMILES string of the molecule is C1=CC(n2c3ccccc3c3cc4c5ccccc5n(-c5ccccc5)c4cc32)NC(C2=NC(c3ccc4c(c3)CCC=C4)NC(c3ccccc3)N2)=C1. The molecule has 0 saturated carbocycles. The van der Waals surface area contributed by atoms with Gasteiger partial charge >= 0.3 is 0 Å². The lowest BCUT2D eigenvalue weighted by molar-refractivity contribution is 0.405. The number of benzene rings is 6. The molecule has 2 aliphatic heterocycles. The molecule has 0 radical (unpaired) electrons. The van der Waals surface area contributed by atoms with Crippen LogP contribution >= 0.6 is 0 Å². The van der Waals surface area contributed by atoms with Crippen LogP contribution in [0, 0.1) is 0 Å². The van der Waals surface area contributed by atoms with Gasteiger partial charge in [-0.05, 0) is 83.6 Å². The number of aromatic nitrogens is 2. The number of dihydropyridines is 1. The number of amidine groups is 1. The maximum absolute atomic E-state index is 5.35. The first-order valence-corrected chi connectivity index (χ1v) is 18.9. The highest BCUT2D eigenvalue weighted by molar-refractivity contribution is 6.18. The smallest absolute Gasteiger partial charge is 0.148 e. The number of para-hydroxylation sites is 3. The van der Waals surface area contributed by atoms with Crippen LogP contribution < -0.4 is 16.0 Å². The van der Waals surface area contributed by atoms with Crippen LogP contribution in [0.1, 0.15) is 47.2 Å². The summed E-state index contributed by atoms with van der Waals surface area (Å²) >= 11 is 0. The number of aliphatic imine (C=N–C) groups is 1. The van der Waals surface area contributed by atoms with E-state index in [9.17, 15) is 0 Å². The summed E-state index contributed by atoms with van der Waals surface area (Å²) in [5.41, 5.74) is 11.9. The van der Waals surface area contributed by atoms with E-state index in [1.165, 1.54) is 65.9 Å². The molecule has 8 aromatic rings. The van der Waals surface area contributed by atoms with Crippen molar-refractivity contribution in [1.82, 2.24) is 25.1 Å². The van der Waals surface area contributed by atoms with E-state index < -0.39 is 0 Å². The number of nitrogens with zero attached hydrogens (tertiary/aromatic N) is 3. The Morgan fingerprint density at radius 2 is 1.35 bits per heavy atom. The molecule has 6 aromatic carbocycles. The Labute approximate surface area is 313 Å². The second kappa shape index (κ2) is 12.5. The van der Waals surface area contributed by atoms with Gasteiger partial charge in [-0.25, -0.2) is 4.99 Å². The minimum Gasteiger partial charge on any atom is -0.359 e. The minimum absolute atomic E-state index is 0.117. The van der Waals surface area contributed by atoms with Gasteiger partial charge in [-0.15, -0.1) is 0 Å². The Hall–Kier alpha value is -6.63. The summed E-state index contributed by atoms with van der Waals surface area (Å²) < 4.78 is 4.85. The van der Waals surface area contributed by atoms with Crippen LogP contribution in [0.15, 0.2) is 175 Å². The van der Waals surface area contributed by atoms with Crippen LogP contribution in [0.5, 0.6) is 0 Å². The highest BCUT2D eigenvalue weighted by Gasteiger charge is 2.29. The van der Waals surface area contributed by atoms with E-state index in [1.54, 1.807) is 0 Å². The number of nitrogens with one attached hydrogen (secondary N) is 3. The molecule has 3 aliphatic rings. The van der Waals surface area contributed by atoms with Crippen molar-refractivity contribution in [3.05, 3.63) is 192 Å². The molecular weight excluding hydrogens is 661 g/mol. The number of hydrogen-bond acceptors (Lipinski definition) is 4. The summed E-state index contributed by atoms with van der Waals surface area (Å²) in [7, 11) is 0. The monoisotopic (exact) mass is 698 g/mol. The van der Waals surface area contributed by atoms with Gasteiger partial charge in [0, 0.05) is 27.2 Å². The van der Waals surface area contributed by atoms with Crippen molar-refractivity contribution in [2.45, 2.75) is 31.3 Å². The Morgan fingerprint density at radius 1 is 0.611 bits per heavy atom. The summed E-state index contributed by atoms with van der Waals surface area (Å²) in [5.74, 6) is 0.840. The van der Waals surface area contributed by atoms with E-state index in [-0.39, 0.29) is 18.5 Å². The van der Waals surface area contributed by atoms with Crippen molar-refractivity contribution in [1.29, 1.82) is 0 Å². The van der Waals surface area contributed by atoms with Crippen molar-refractivity contribution >= 4 is 55.5 Å². The maximum atomic E-state index is 5.35. The normalized spacial score (nSPS) is 19.4.